The number of halogens is 3. The number of hydrogen-bond donors (Lipinski definition) is 1. The van der Waals surface area contributed by atoms with Crippen molar-refractivity contribution in [2.24, 2.45) is 5.92 Å². The highest BCUT2D eigenvalue weighted by Crippen LogP contribution is 2.44. The van der Waals surface area contributed by atoms with Crippen LogP contribution in [0.2, 0.25) is 5.02 Å². The first kappa shape index (κ1) is 26.6. The van der Waals surface area contributed by atoms with Crippen LogP contribution in [-0.2, 0) is 10.0 Å². The number of carbonyl (C=O) groups is 1. The Balaban J connectivity index is 1.71. The van der Waals surface area contributed by atoms with E-state index >= 15 is 0 Å². The summed E-state index contributed by atoms with van der Waals surface area (Å²) in [6.45, 7) is 0.356. The summed E-state index contributed by atoms with van der Waals surface area (Å²) >= 11 is 6.68. The van der Waals surface area contributed by atoms with E-state index in [1.165, 1.54) is 34.6 Å². The van der Waals surface area contributed by atoms with Crippen LogP contribution in [0.1, 0.15) is 42.5 Å². The van der Waals surface area contributed by atoms with Crippen LogP contribution in [-0.4, -0.2) is 43.4 Å². The fraction of sp³-hybridized carbons (Fsp3) is 0.321. The molecule has 3 aromatic rings. The third kappa shape index (κ3) is 4.79. The van der Waals surface area contributed by atoms with Crippen molar-refractivity contribution in [2.45, 2.75) is 43.0 Å². The largest absolute Gasteiger partial charge is 0.478 e. The molecule has 0 unspecified atom stereocenters. The molecule has 6 nitrogen and oxygen atoms in total. The summed E-state index contributed by atoms with van der Waals surface area (Å²) in [6.07, 6.45) is 5.02. The monoisotopic (exact) mass is 560 g/mol. The molecule has 0 saturated heterocycles. The van der Waals surface area contributed by atoms with Crippen LogP contribution in [0.3, 0.4) is 0 Å². The molecule has 5 rings (SSSR count). The first-order valence-electron chi connectivity index (χ1n) is 12.5. The predicted octanol–water partition coefficient (Wildman–Crippen LogP) is 6.70. The number of nitrogens with zero attached hydrogens (tertiary/aromatic N) is 2. The van der Waals surface area contributed by atoms with Gasteiger partial charge in [-0.3, -0.25) is 0 Å². The van der Waals surface area contributed by atoms with Crippen LogP contribution in [0.15, 0.2) is 59.5 Å². The zero-order valence-corrected chi connectivity index (χ0v) is 22.3. The van der Waals surface area contributed by atoms with Crippen LogP contribution in [0.5, 0.6) is 0 Å². The van der Waals surface area contributed by atoms with Gasteiger partial charge in [-0.05, 0) is 72.9 Å². The number of fused-ring (bicyclic) bond motifs is 1. The van der Waals surface area contributed by atoms with Crippen LogP contribution >= 0.6 is 11.6 Å². The molecule has 0 amide bonds. The van der Waals surface area contributed by atoms with Crippen LogP contribution in [0.25, 0.3) is 11.1 Å². The van der Waals surface area contributed by atoms with E-state index in [-0.39, 0.29) is 33.0 Å². The van der Waals surface area contributed by atoms with Gasteiger partial charge in [0.15, 0.2) is 0 Å². The van der Waals surface area contributed by atoms with Gasteiger partial charge in [-0.1, -0.05) is 36.9 Å². The van der Waals surface area contributed by atoms with Crippen molar-refractivity contribution in [3.63, 3.8) is 0 Å². The lowest BCUT2D eigenvalue weighted by Gasteiger charge is -2.36. The fourth-order valence-electron chi connectivity index (χ4n) is 5.60. The second-order valence-corrected chi connectivity index (χ2v) is 12.2. The average molecular weight is 561 g/mol. The average Bonchev–Trinajstić information content (AvgIpc) is 2.97. The molecule has 1 aliphatic heterocycles. The number of hydrogen-bond acceptors (Lipinski definition) is 4. The van der Waals surface area contributed by atoms with Crippen molar-refractivity contribution in [1.29, 1.82) is 0 Å². The molecule has 1 aliphatic carbocycles. The number of benzene rings is 3. The Morgan fingerprint density at radius 2 is 1.68 bits per heavy atom. The van der Waals surface area contributed by atoms with Gasteiger partial charge in [-0.2, -0.15) is 4.31 Å². The number of likely N-dealkylation sites (N-methyl/N-ethyl adjacent to an activating group) is 1. The normalized spacial score (nSPS) is 20.1. The van der Waals surface area contributed by atoms with E-state index in [2.05, 4.69) is 0 Å². The van der Waals surface area contributed by atoms with Gasteiger partial charge >= 0.3 is 5.97 Å². The van der Waals surface area contributed by atoms with Gasteiger partial charge in [0, 0.05) is 30.9 Å². The number of sulfonamides is 1. The van der Waals surface area contributed by atoms with Crippen LogP contribution in [0.4, 0.5) is 20.2 Å². The topological polar surface area (TPSA) is 77.9 Å². The summed E-state index contributed by atoms with van der Waals surface area (Å²) in [6, 6.07) is 12.0. The minimum atomic E-state index is -4.02. The maximum atomic E-state index is 14.1. The molecular formula is C28H27ClF2N2O4S. The van der Waals surface area contributed by atoms with Crippen molar-refractivity contribution in [2.75, 3.05) is 18.5 Å². The highest BCUT2D eigenvalue weighted by molar-refractivity contribution is 7.89. The number of rotatable bonds is 4. The second kappa shape index (κ2) is 10.3. The van der Waals surface area contributed by atoms with Gasteiger partial charge in [0.05, 0.1) is 16.3 Å². The summed E-state index contributed by atoms with van der Waals surface area (Å²) in [5.74, 6) is -2.60. The minimum absolute atomic E-state index is 0.0109. The Morgan fingerprint density at radius 3 is 2.34 bits per heavy atom. The predicted molar refractivity (Wildman–Crippen MR) is 143 cm³/mol. The first-order valence-corrected chi connectivity index (χ1v) is 14.3. The van der Waals surface area contributed by atoms with E-state index in [0.717, 1.165) is 44.2 Å². The van der Waals surface area contributed by atoms with Gasteiger partial charge < -0.3 is 10.0 Å². The Kier molecular flexibility index (Phi) is 7.19. The maximum absolute atomic E-state index is 14.1. The Morgan fingerprint density at radius 1 is 1.00 bits per heavy atom. The lowest BCUT2D eigenvalue weighted by molar-refractivity contribution is 0.0692. The highest BCUT2D eigenvalue weighted by atomic mass is 35.5. The SMILES string of the molecule is CN1[C@H](C2CCCCC2)CN(c2ccc(F)cc2)c2cc(Cl)c(-c3ccc(F)c(C(=O)O)c3)cc2S1(=O)=O. The van der Waals surface area contributed by atoms with E-state index in [1.54, 1.807) is 19.2 Å². The molecule has 200 valence electrons. The second-order valence-electron chi connectivity index (χ2n) is 9.87. The van der Waals surface area contributed by atoms with E-state index in [0.29, 0.717) is 17.9 Å². The Labute approximate surface area is 225 Å². The molecule has 1 fully saturated rings. The molecule has 10 heteroatoms. The van der Waals surface area contributed by atoms with Crippen LogP contribution in [0, 0.1) is 17.6 Å². The summed E-state index contributed by atoms with van der Waals surface area (Å²) in [5.41, 5.74) is 0.962. The van der Waals surface area contributed by atoms with Gasteiger partial charge in [-0.15, -0.1) is 0 Å². The number of anilines is 2. The summed E-state index contributed by atoms with van der Waals surface area (Å²) in [5, 5.41) is 9.55. The van der Waals surface area contributed by atoms with E-state index in [1.807, 2.05) is 4.90 Å². The fourth-order valence-corrected chi connectivity index (χ4v) is 7.48. The lowest BCUT2D eigenvalue weighted by Crippen LogP contribution is -2.46. The highest BCUT2D eigenvalue weighted by Gasteiger charge is 2.41. The molecule has 1 saturated carbocycles. The smallest absolute Gasteiger partial charge is 0.338 e. The Hall–Kier alpha value is -3.01. The number of carboxylic acids is 1. The molecule has 0 bridgehead atoms. The third-order valence-corrected chi connectivity index (χ3v) is 9.90. The first-order chi connectivity index (χ1) is 18.1. The third-order valence-electron chi connectivity index (χ3n) is 7.67. The van der Waals surface area contributed by atoms with Crippen molar-refractivity contribution in [3.05, 3.63) is 76.8 Å². The molecule has 1 heterocycles. The molecular weight excluding hydrogens is 534 g/mol. The zero-order valence-electron chi connectivity index (χ0n) is 20.7. The number of aromatic carboxylic acids is 1. The lowest BCUT2D eigenvalue weighted by atomic mass is 9.83. The summed E-state index contributed by atoms with van der Waals surface area (Å²) < 4.78 is 57.4. The van der Waals surface area contributed by atoms with Crippen molar-refractivity contribution >= 4 is 39.0 Å². The van der Waals surface area contributed by atoms with Crippen LogP contribution < -0.4 is 4.90 Å². The molecule has 1 N–H and O–H groups in total. The van der Waals surface area contributed by atoms with Crippen molar-refractivity contribution < 1.29 is 27.1 Å². The standard InChI is InChI=1S/C28H27ClF2N2O4S/c1-32-26(17-5-3-2-4-6-17)16-33(20-10-8-19(30)9-11-20)25-15-23(29)21(14-27(25)38(32,36)37)18-7-12-24(31)22(13-18)28(34)35/h7-15,17,26H,2-6,16H2,1H3,(H,34,35)/t26-/m0/s1. The van der Waals surface area contributed by atoms with Gasteiger partial charge in [-0.25, -0.2) is 22.0 Å². The minimum Gasteiger partial charge on any atom is -0.478 e. The van der Waals surface area contributed by atoms with Gasteiger partial charge in [0.2, 0.25) is 10.0 Å². The molecule has 3 aromatic carbocycles. The molecule has 0 aromatic heterocycles. The summed E-state index contributed by atoms with van der Waals surface area (Å²) in [7, 11) is -2.43. The van der Waals surface area contributed by atoms with Crippen molar-refractivity contribution in [1.82, 2.24) is 4.31 Å². The van der Waals surface area contributed by atoms with E-state index in [4.69, 9.17) is 11.6 Å². The zero-order chi connectivity index (χ0) is 27.2. The van der Waals surface area contributed by atoms with E-state index in [9.17, 15) is 27.1 Å². The van der Waals surface area contributed by atoms with Gasteiger partial charge in [0.1, 0.15) is 16.5 Å². The molecule has 38 heavy (non-hydrogen) atoms. The van der Waals surface area contributed by atoms with Crippen molar-refractivity contribution in [3.8, 4) is 11.1 Å². The van der Waals surface area contributed by atoms with E-state index < -0.39 is 33.2 Å². The Bertz CT molecular complexity index is 1490. The molecule has 0 spiro atoms. The molecule has 1 atom stereocenters. The summed E-state index contributed by atoms with van der Waals surface area (Å²) in [4.78, 5) is 13.4. The van der Waals surface area contributed by atoms with Gasteiger partial charge in [0.25, 0.3) is 0 Å². The maximum Gasteiger partial charge on any atom is 0.338 e. The molecule has 0 radical (unpaired) electrons. The molecule has 2 aliphatic rings. The quantitative estimate of drug-likeness (QED) is 0.384. The number of carboxylic acid groups (broad SMARTS) is 1.